The Morgan fingerprint density at radius 2 is 1.54 bits per heavy atom. The zero-order valence-corrected chi connectivity index (χ0v) is 17.7. The molecule has 8 heteroatoms. The lowest BCUT2D eigenvalue weighted by Gasteiger charge is -2.34. The molecule has 6 nitrogen and oxygen atoms in total. The van der Waals surface area contributed by atoms with Crippen molar-refractivity contribution in [3.05, 3.63) is 59.7 Å². The molecule has 1 heterocycles. The van der Waals surface area contributed by atoms with Gasteiger partial charge in [-0.2, -0.15) is 4.31 Å². The Hall–Kier alpha value is -2.09. The highest BCUT2D eigenvalue weighted by atomic mass is 35.5. The lowest BCUT2D eigenvalue weighted by molar-refractivity contribution is 0.0699. The number of carbonyl (C=O) groups is 1. The molecule has 0 aliphatic carbocycles. The molecular formula is C20H26ClN3O3S. The van der Waals surface area contributed by atoms with Gasteiger partial charge in [-0.05, 0) is 35.7 Å². The first-order valence-corrected chi connectivity index (χ1v) is 10.5. The van der Waals surface area contributed by atoms with E-state index in [1.807, 2.05) is 12.1 Å². The van der Waals surface area contributed by atoms with E-state index < -0.39 is 10.0 Å². The summed E-state index contributed by atoms with van der Waals surface area (Å²) in [5.74, 6) is 0.188. The predicted octanol–water partition coefficient (Wildman–Crippen LogP) is 2.96. The molecular weight excluding hydrogens is 398 g/mol. The van der Waals surface area contributed by atoms with E-state index in [0.717, 1.165) is 5.56 Å². The van der Waals surface area contributed by atoms with Crippen LogP contribution >= 0.6 is 12.4 Å². The van der Waals surface area contributed by atoms with Crippen LogP contribution in [0.5, 0.6) is 0 Å². The highest BCUT2D eigenvalue weighted by molar-refractivity contribution is 7.89. The Morgan fingerprint density at radius 1 is 0.964 bits per heavy atom. The minimum atomic E-state index is -3.56. The predicted molar refractivity (Wildman–Crippen MR) is 113 cm³/mol. The van der Waals surface area contributed by atoms with Crippen molar-refractivity contribution in [2.75, 3.05) is 31.9 Å². The second-order valence-electron chi connectivity index (χ2n) is 7.01. The van der Waals surface area contributed by atoms with Crippen LogP contribution in [0.4, 0.5) is 5.69 Å². The fourth-order valence-electron chi connectivity index (χ4n) is 3.17. The van der Waals surface area contributed by atoms with Gasteiger partial charge in [-0.25, -0.2) is 8.42 Å². The maximum atomic E-state index is 12.9. The van der Waals surface area contributed by atoms with Crippen LogP contribution in [0.15, 0.2) is 53.4 Å². The van der Waals surface area contributed by atoms with Gasteiger partial charge in [0, 0.05) is 31.9 Å². The van der Waals surface area contributed by atoms with Crippen LogP contribution in [0, 0.1) is 0 Å². The van der Waals surface area contributed by atoms with Gasteiger partial charge in [-0.3, -0.25) is 4.79 Å². The highest BCUT2D eigenvalue weighted by Gasteiger charge is 2.30. The minimum absolute atomic E-state index is 0. The van der Waals surface area contributed by atoms with Crippen molar-refractivity contribution in [3.8, 4) is 0 Å². The molecule has 1 saturated heterocycles. The van der Waals surface area contributed by atoms with Gasteiger partial charge in [0.2, 0.25) is 10.0 Å². The molecule has 2 N–H and O–H groups in total. The van der Waals surface area contributed by atoms with E-state index in [9.17, 15) is 13.2 Å². The summed E-state index contributed by atoms with van der Waals surface area (Å²) in [5.41, 5.74) is 7.87. The summed E-state index contributed by atoms with van der Waals surface area (Å²) in [4.78, 5) is 14.6. The molecule has 1 aliphatic rings. The number of amides is 1. The molecule has 3 rings (SSSR count). The molecule has 0 radical (unpaired) electrons. The molecule has 1 aliphatic heterocycles. The van der Waals surface area contributed by atoms with Gasteiger partial charge in [0.05, 0.1) is 10.5 Å². The summed E-state index contributed by atoms with van der Waals surface area (Å²) in [6, 6.07) is 14.0. The number of para-hydroxylation sites is 1. The number of sulfonamides is 1. The fraction of sp³-hybridized carbons (Fsp3) is 0.350. The van der Waals surface area contributed by atoms with Crippen LogP contribution in [0.3, 0.4) is 0 Å². The molecule has 0 atom stereocenters. The largest absolute Gasteiger partial charge is 0.398 e. The number of hydrogen-bond donors (Lipinski definition) is 1. The van der Waals surface area contributed by atoms with Gasteiger partial charge in [0.15, 0.2) is 0 Å². The number of rotatable bonds is 4. The Morgan fingerprint density at radius 3 is 2.07 bits per heavy atom. The number of nitrogens with two attached hydrogens (primary N) is 1. The number of anilines is 1. The van der Waals surface area contributed by atoms with Crippen molar-refractivity contribution in [3.63, 3.8) is 0 Å². The van der Waals surface area contributed by atoms with Gasteiger partial charge in [0.25, 0.3) is 5.91 Å². The molecule has 0 unspecified atom stereocenters. The molecule has 0 saturated carbocycles. The van der Waals surface area contributed by atoms with Gasteiger partial charge in [-0.15, -0.1) is 12.4 Å². The summed E-state index contributed by atoms with van der Waals surface area (Å²) in [7, 11) is -3.56. The van der Waals surface area contributed by atoms with Gasteiger partial charge < -0.3 is 10.6 Å². The quantitative estimate of drug-likeness (QED) is 0.766. The summed E-state index contributed by atoms with van der Waals surface area (Å²) >= 11 is 0. The van der Waals surface area contributed by atoms with Crippen molar-refractivity contribution >= 4 is 34.0 Å². The van der Waals surface area contributed by atoms with Crippen molar-refractivity contribution in [1.82, 2.24) is 9.21 Å². The number of piperazine rings is 1. The van der Waals surface area contributed by atoms with Gasteiger partial charge in [-0.1, -0.05) is 38.1 Å². The van der Waals surface area contributed by atoms with Gasteiger partial charge >= 0.3 is 0 Å². The molecule has 2 aromatic carbocycles. The second-order valence-corrected chi connectivity index (χ2v) is 8.95. The smallest absolute Gasteiger partial charge is 0.256 e. The Labute approximate surface area is 172 Å². The fourth-order valence-corrected chi connectivity index (χ4v) is 4.59. The number of nitrogen functional groups attached to an aromatic ring is 1. The monoisotopic (exact) mass is 423 g/mol. The van der Waals surface area contributed by atoms with E-state index in [2.05, 4.69) is 13.8 Å². The van der Waals surface area contributed by atoms with Crippen LogP contribution in [0.1, 0.15) is 35.7 Å². The number of benzene rings is 2. The molecule has 2 aromatic rings. The van der Waals surface area contributed by atoms with E-state index in [4.69, 9.17) is 5.73 Å². The van der Waals surface area contributed by atoms with Crippen molar-refractivity contribution in [2.24, 2.45) is 0 Å². The van der Waals surface area contributed by atoms with Crippen LogP contribution in [0.2, 0.25) is 0 Å². The number of halogens is 1. The van der Waals surface area contributed by atoms with Crippen LogP contribution in [-0.4, -0.2) is 49.7 Å². The van der Waals surface area contributed by atoms with Crippen LogP contribution < -0.4 is 5.73 Å². The molecule has 1 amide bonds. The number of nitrogens with zero attached hydrogens (tertiary/aromatic N) is 2. The second kappa shape index (κ2) is 8.94. The van der Waals surface area contributed by atoms with Crippen LogP contribution in [0.25, 0.3) is 0 Å². The number of carbonyl (C=O) groups excluding carboxylic acids is 1. The third-order valence-corrected chi connectivity index (χ3v) is 6.81. The molecule has 0 bridgehead atoms. The summed E-state index contributed by atoms with van der Waals surface area (Å²) in [6.07, 6.45) is 0. The molecule has 1 fully saturated rings. The number of hydrogen-bond acceptors (Lipinski definition) is 4. The minimum Gasteiger partial charge on any atom is -0.398 e. The summed E-state index contributed by atoms with van der Waals surface area (Å²) < 4.78 is 27.2. The van der Waals surface area contributed by atoms with Gasteiger partial charge in [0.1, 0.15) is 0 Å². The first-order chi connectivity index (χ1) is 12.8. The van der Waals surface area contributed by atoms with E-state index in [-0.39, 0.29) is 31.4 Å². The average Bonchev–Trinajstić information content (AvgIpc) is 2.68. The lowest BCUT2D eigenvalue weighted by atomic mass is 10.0. The standard InChI is InChI=1S/C20H25N3O3S.ClH/c1-15(2)16-7-9-17(10-8-16)27(25,26)23-13-11-22(12-14-23)20(24)18-5-3-4-6-19(18)21;/h3-10,15H,11-14,21H2,1-2H3;1H. The summed E-state index contributed by atoms with van der Waals surface area (Å²) in [6.45, 7) is 5.37. The highest BCUT2D eigenvalue weighted by Crippen LogP contribution is 2.22. The van der Waals surface area contributed by atoms with E-state index in [1.165, 1.54) is 4.31 Å². The maximum absolute atomic E-state index is 12.9. The SMILES string of the molecule is CC(C)c1ccc(S(=O)(=O)N2CCN(C(=O)c3ccccc3N)CC2)cc1.Cl. The van der Waals surface area contributed by atoms with E-state index >= 15 is 0 Å². The lowest BCUT2D eigenvalue weighted by Crippen LogP contribution is -2.50. The van der Waals surface area contributed by atoms with Crippen molar-refractivity contribution in [2.45, 2.75) is 24.7 Å². The Balaban J connectivity index is 0.00000280. The first kappa shape index (κ1) is 22.2. The van der Waals surface area contributed by atoms with Crippen LogP contribution in [-0.2, 0) is 10.0 Å². The third kappa shape index (κ3) is 4.48. The Bertz CT molecular complexity index is 922. The zero-order valence-electron chi connectivity index (χ0n) is 16.0. The molecule has 28 heavy (non-hydrogen) atoms. The topological polar surface area (TPSA) is 83.7 Å². The third-order valence-electron chi connectivity index (χ3n) is 4.90. The maximum Gasteiger partial charge on any atom is 0.256 e. The summed E-state index contributed by atoms with van der Waals surface area (Å²) in [5, 5.41) is 0. The molecule has 152 valence electrons. The molecule has 0 aromatic heterocycles. The van der Waals surface area contributed by atoms with E-state index in [1.54, 1.807) is 41.3 Å². The zero-order chi connectivity index (χ0) is 19.6. The van der Waals surface area contributed by atoms with Crippen molar-refractivity contribution in [1.29, 1.82) is 0 Å². The molecule has 0 spiro atoms. The Kier molecular flexibility index (Phi) is 7.09. The normalized spacial score (nSPS) is 15.3. The average molecular weight is 424 g/mol. The van der Waals surface area contributed by atoms with Crippen molar-refractivity contribution < 1.29 is 13.2 Å². The first-order valence-electron chi connectivity index (χ1n) is 9.04. The van der Waals surface area contributed by atoms with E-state index in [0.29, 0.717) is 35.2 Å².